The number of aliphatic hydroxyl groups excluding tert-OH is 1. The Morgan fingerprint density at radius 3 is 2.71 bits per heavy atom. The van der Waals surface area contributed by atoms with Crippen molar-refractivity contribution < 1.29 is 18.3 Å². The van der Waals surface area contributed by atoms with Crippen molar-refractivity contribution in [2.75, 3.05) is 0 Å². The van der Waals surface area contributed by atoms with Crippen LogP contribution in [-0.4, -0.2) is 32.3 Å². The average Bonchev–Trinajstić information content (AvgIpc) is 3.33. The quantitative estimate of drug-likeness (QED) is 0.659. The van der Waals surface area contributed by atoms with E-state index in [0.717, 1.165) is 36.9 Å². The summed E-state index contributed by atoms with van der Waals surface area (Å²) in [5, 5.41) is 21.8. The van der Waals surface area contributed by atoms with Gasteiger partial charge in [0.2, 0.25) is 0 Å². The fraction of sp³-hybridized carbons (Fsp3) is 0.391. The van der Waals surface area contributed by atoms with E-state index in [9.17, 15) is 18.3 Å². The van der Waals surface area contributed by atoms with Crippen molar-refractivity contribution in [3.8, 4) is 0 Å². The molecule has 3 aromatic rings. The molecule has 1 N–H and O–H groups in total. The van der Waals surface area contributed by atoms with Crippen LogP contribution < -0.4 is 0 Å². The highest BCUT2D eigenvalue weighted by molar-refractivity contribution is 5.79. The molecule has 2 aromatic carbocycles. The SMILES string of the molecule is OC(N1N=CCC1c1cc(F)ccc1F)C12CC(Cn3ncc4c(F)cccc43)(C1)C2. The fourth-order valence-electron chi connectivity index (χ4n) is 6.02. The maximum atomic E-state index is 14.3. The Balaban J connectivity index is 1.19. The molecule has 3 fully saturated rings. The molecule has 2 heterocycles. The fourth-order valence-corrected chi connectivity index (χ4v) is 6.02. The molecule has 2 bridgehead atoms. The number of benzene rings is 2. The summed E-state index contributed by atoms with van der Waals surface area (Å²) >= 11 is 0. The summed E-state index contributed by atoms with van der Waals surface area (Å²) in [6.45, 7) is 0.666. The second-order valence-corrected chi connectivity index (χ2v) is 9.34. The van der Waals surface area contributed by atoms with Crippen LogP contribution in [0.25, 0.3) is 10.9 Å². The van der Waals surface area contributed by atoms with E-state index in [4.69, 9.17) is 0 Å². The minimum absolute atomic E-state index is 0.0231. The Kier molecular flexibility index (Phi) is 3.85. The second-order valence-electron chi connectivity index (χ2n) is 9.34. The molecule has 7 rings (SSSR count). The zero-order valence-electron chi connectivity index (χ0n) is 16.7. The molecule has 0 amide bonds. The minimum Gasteiger partial charge on any atom is -0.371 e. The van der Waals surface area contributed by atoms with Crippen LogP contribution in [0.1, 0.15) is 37.3 Å². The van der Waals surface area contributed by atoms with Crippen LogP contribution >= 0.6 is 0 Å². The molecule has 31 heavy (non-hydrogen) atoms. The molecular formula is C23H21F3N4O. The minimum atomic E-state index is -0.868. The van der Waals surface area contributed by atoms with Gasteiger partial charge in [0.25, 0.3) is 0 Å². The van der Waals surface area contributed by atoms with E-state index < -0.39 is 23.9 Å². The third kappa shape index (κ3) is 2.67. The maximum absolute atomic E-state index is 14.3. The van der Waals surface area contributed by atoms with Crippen LogP contribution in [0.4, 0.5) is 13.2 Å². The van der Waals surface area contributed by atoms with E-state index in [2.05, 4.69) is 10.2 Å². The van der Waals surface area contributed by atoms with Crippen LogP contribution in [0.5, 0.6) is 0 Å². The molecule has 160 valence electrons. The van der Waals surface area contributed by atoms with Gasteiger partial charge in [-0.25, -0.2) is 13.2 Å². The highest BCUT2D eigenvalue weighted by Crippen LogP contribution is 2.76. The first-order valence-corrected chi connectivity index (χ1v) is 10.4. The molecule has 0 radical (unpaired) electrons. The smallest absolute Gasteiger partial charge is 0.148 e. The molecule has 2 atom stereocenters. The van der Waals surface area contributed by atoms with Gasteiger partial charge < -0.3 is 5.11 Å². The Labute approximate surface area is 176 Å². The van der Waals surface area contributed by atoms with Crippen molar-refractivity contribution in [1.29, 1.82) is 0 Å². The summed E-state index contributed by atoms with van der Waals surface area (Å²) in [7, 11) is 0. The molecule has 0 saturated heterocycles. The number of aliphatic hydroxyl groups is 1. The Bertz CT molecular complexity index is 1200. The Morgan fingerprint density at radius 1 is 1.10 bits per heavy atom. The summed E-state index contributed by atoms with van der Waals surface area (Å²) < 4.78 is 43.8. The predicted octanol–water partition coefficient (Wildman–Crippen LogP) is 4.38. The zero-order chi connectivity index (χ0) is 21.4. The molecule has 3 saturated carbocycles. The summed E-state index contributed by atoms with van der Waals surface area (Å²) in [5.41, 5.74) is 0.695. The van der Waals surface area contributed by atoms with Crippen molar-refractivity contribution >= 4 is 17.1 Å². The van der Waals surface area contributed by atoms with Gasteiger partial charge >= 0.3 is 0 Å². The zero-order valence-corrected chi connectivity index (χ0v) is 16.7. The Hall–Kier alpha value is -2.87. The monoisotopic (exact) mass is 426 g/mol. The number of rotatable bonds is 5. The van der Waals surface area contributed by atoms with Crippen LogP contribution in [0, 0.1) is 28.3 Å². The number of hydrazone groups is 1. The molecule has 5 nitrogen and oxygen atoms in total. The van der Waals surface area contributed by atoms with Gasteiger partial charge in [0.15, 0.2) is 0 Å². The van der Waals surface area contributed by atoms with E-state index in [1.54, 1.807) is 18.5 Å². The van der Waals surface area contributed by atoms with Crippen molar-refractivity contribution in [2.45, 2.75) is 44.5 Å². The number of halogens is 3. The lowest BCUT2D eigenvalue weighted by molar-refractivity contribution is -0.297. The first kappa shape index (κ1) is 18.9. The van der Waals surface area contributed by atoms with Gasteiger partial charge in [0.05, 0.1) is 23.1 Å². The van der Waals surface area contributed by atoms with E-state index in [1.807, 2.05) is 10.7 Å². The van der Waals surface area contributed by atoms with E-state index in [-0.39, 0.29) is 22.2 Å². The van der Waals surface area contributed by atoms with Crippen LogP contribution in [0.2, 0.25) is 0 Å². The van der Waals surface area contributed by atoms with Crippen molar-refractivity contribution in [1.82, 2.24) is 14.8 Å². The van der Waals surface area contributed by atoms with E-state index in [1.165, 1.54) is 17.1 Å². The third-order valence-electron chi connectivity index (χ3n) is 7.28. The summed E-state index contributed by atoms with van der Waals surface area (Å²) in [6.07, 6.45) is 5.13. The Morgan fingerprint density at radius 2 is 1.90 bits per heavy atom. The lowest BCUT2D eigenvalue weighted by Crippen LogP contribution is -2.70. The first-order valence-electron chi connectivity index (χ1n) is 10.4. The lowest BCUT2D eigenvalue weighted by Gasteiger charge is -2.72. The molecular weight excluding hydrogens is 405 g/mol. The number of hydrogen-bond donors (Lipinski definition) is 1. The normalized spacial score (nSPS) is 29.8. The highest BCUT2D eigenvalue weighted by atomic mass is 19.1. The topological polar surface area (TPSA) is 53.6 Å². The largest absolute Gasteiger partial charge is 0.371 e. The van der Waals surface area contributed by atoms with Gasteiger partial charge in [-0.15, -0.1) is 0 Å². The number of nitrogens with zero attached hydrogens (tertiary/aromatic N) is 4. The van der Waals surface area contributed by atoms with Crippen LogP contribution in [0.15, 0.2) is 47.7 Å². The molecule has 3 aliphatic carbocycles. The molecule has 0 spiro atoms. The lowest BCUT2D eigenvalue weighted by atomic mass is 9.34. The average molecular weight is 426 g/mol. The van der Waals surface area contributed by atoms with Crippen molar-refractivity contribution in [3.63, 3.8) is 0 Å². The van der Waals surface area contributed by atoms with Crippen LogP contribution in [-0.2, 0) is 6.54 Å². The van der Waals surface area contributed by atoms with Gasteiger partial charge in [-0.2, -0.15) is 10.2 Å². The summed E-state index contributed by atoms with van der Waals surface area (Å²) in [5.74, 6) is -1.29. The van der Waals surface area contributed by atoms with Gasteiger partial charge in [-0.3, -0.25) is 9.69 Å². The number of hydrogen-bond acceptors (Lipinski definition) is 4. The predicted molar refractivity (Wildman–Crippen MR) is 108 cm³/mol. The first-order chi connectivity index (χ1) is 14.9. The second kappa shape index (κ2) is 6.32. The van der Waals surface area contributed by atoms with E-state index in [0.29, 0.717) is 18.4 Å². The van der Waals surface area contributed by atoms with Gasteiger partial charge in [0.1, 0.15) is 23.7 Å². The standard InChI is InChI=1S/C23H21F3N4O/c24-14-4-5-18(26)15(8-14)20-6-7-27-30(20)21(31)23-10-22(11-23,12-23)13-29-19-3-1-2-17(25)16(19)9-28-29/h1-5,7-9,20-21,31H,6,10-13H2. The summed E-state index contributed by atoms with van der Waals surface area (Å²) in [4.78, 5) is 0. The molecule has 1 aromatic heterocycles. The summed E-state index contributed by atoms with van der Waals surface area (Å²) in [6, 6.07) is 7.83. The maximum Gasteiger partial charge on any atom is 0.148 e. The third-order valence-corrected chi connectivity index (χ3v) is 7.28. The van der Waals surface area contributed by atoms with Crippen molar-refractivity contribution in [3.05, 3.63) is 65.6 Å². The highest BCUT2D eigenvalue weighted by Gasteiger charge is 2.72. The molecule has 1 aliphatic heterocycles. The molecule has 8 heteroatoms. The van der Waals surface area contributed by atoms with Gasteiger partial charge in [-0.1, -0.05) is 6.07 Å². The number of fused-ring (bicyclic) bond motifs is 1. The van der Waals surface area contributed by atoms with Gasteiger partial charge in [-0.05, 0) is 55.0 Å². The molecule has 4 aliphatic rings. The van der Waals surface area contributed by atoms with Crippen molar-refractivity contribution in [2.24, 2.45) is 15.9 Å². The van der Waals surface area contributed by atoms with Gasteiger partial charge in [0, 0.05) is 30.2 Å². The molecule has 2 unspecified atom stereocenters. The number of aromatic nitrogens is 2. The van der Waals surface area contributed by atoms with Crippen LogP contribution in [0.3, 0.4) is 0 Å². The van der Waals surface area contributed by atoms with E-state index >= 15 is 0 Å².